The fourth-order valence-electron chi connectivity index (χ4n) is 0.670. The smallest absolute Gasteiger partial charge is 0.228 e. The summed E-state index contributed by atoms with van der Waals surface area (Å²) in [6.07, 6.45) is 2.02. The van der Waals surface area contributed by atoms with Crippen molar-refractivity contribution in [3.05, 3.63) is 10.6 Å². The van der Waals surface area contributed by atoms with Gasteiger partial charge in [0.15, 0.2) is 0 Å². The van der Waals surface area contributed by atoms with Crippen LogP contribution in [0.5, 0.6) is 0 Å². The van der Waals surface area contributed by atoms with Crippen molar-refractivity contribution in [1.82, 2.24) is 15.0 Å². The van der Waals surface area contributed by atoms with Crippen LogP contribution in [0.4, 0.5) is 5.95 Å². The number of nitrogens with one attached hydrogen (secondary N) is 1. The topological polar surface area (TPSA) is 50.7 Å². The average molecular weight is 239 g/mol. The van der Waals surface area contributed by atoms with Crippen molar-refractivity contribution in [2.24, 2.45) is 0 Å². The van der Waals surface area contributed by atoms with Crippen molar-refractivity contribution in [2.75, 3.05) is 23.9 Å². The molecular formula is C6H8Cl2N4S. The van der Waals surface area contributed by atoms with Crippen molar-refractivity contribution in [3.63, 3.8) is 0 Å². The van der Waals surface area contributed by atoms with Crippen LogP contribution >= 0.6 is 35.0 Å². The predicted molar refractivity (Wildman–Crippen MR) is 56.7 cm³/mol. The van der Waals surface area contributed by atoms with Gasteiger partial charge in [-0.15, -0.1) is 0 Å². The Morgan fingerprint density at radius 1 is 1.23 bits per heavy atom. The molecule has 4 nitrogen and oxygen atoms in total. The summed E-state index contributed by atoms with van der Waals surface area (Å²) in [5.41, 5.74) is 0. The minimum absolute atomic E-state index is 0.103. The second-order valence-electron chi connectivity index (χ2n) is 2.12. The molecule has 0 atom stereocenters. The Bertz CT molecular complexity index is 263. The van der Waals surface area contributed by atoms with E-state index >= 15 is 0 Å². The zero-order valence-electron chi connectivity index (χ0n) is 6.92. The summed E-state index contributed by atoms with van der Waals surface area (Å²) in [6.45, 7) is 0.776. The van der Waals surface area contributed by atoms with Crippen LogP contribution in [-0.4, -0.2) is 33.5 Å². The van der Waals surface area contributed by atoms with Crippen LogP contribution in [-0.2, 0) is 0 Å². The first-order valence-corrected chi connectivity index (χ1v) is 5.67. The molecule has 0 aromatic carbocycles. The highest BCUT2D eigenvalue weighted by molar-refractivity contribution is 7.98. The molecule has 0 saturated carbocycles. The lowest BCUT2D eigenvalue weighted by Crippen LogP contribution is -2.08. The van der Waals surface area contributed by atoms with Gasteiger partial charge < -0.3 is 5.32 Å². The molecule has 0 fully saturated rings. The molecule has 0 amide bonds. The summed E-state index contributed by atoms with van der Waals surface area (Å²) >= 11 is 12.9. The number of hydrogen-bond donors (Lipinski definition) is 1. The van der Waals surface area contributed by atoms with E-state index in [4.69, 9.17) is 23.2 Å². The van der Waals surface area contributed by atoms with Gasteiger partial charge >= 0.3 is 0 Å². The van der Waals surface area contributed by atoms with E-state index in [0.717, 1.165) is 12.3 Å². The number of hydrogen-bond acceptors (Lipinski definition) is 5. The third-order valence-electron chi connectivity index (χ3n) is 1.17. The molecule has 0 unspecified atom stereocenters. The Labute approximate surface area is 90.5 Å². The molecule has 13 heavy (non-hydrogen) atoms. The quantitative estimate of drug-likeness (QED) is 0.814. The highest BCUT2D eigenvalue weighted by atomic mass is 35.5. The number of halogens is 2. The summed E-state index contributed by atoms with van der Waals surface area (Å²) < 4.78 is 0. The highest BCUT2D eigenvalue weighted by Crippen LogP contribution is 2.09. The van der Waals surface area contributed by atoms with Crippen LogP contribution in [0.15, 0.2) is 0 Å². The second kappa shape index (κ2) is 5.47. The van der Waals surface area contributed by atoms with E-state index in [0.29, 0.717) is 5.95 Å². The Morgan fingerprint density at radius 2 is 1.85 bits per heavy atom. The first kappa shape index (κ1) is 10.8. The first-order chi connectivity index (χ1) is 6.22. The van der Waals surface area contributed by atoms with Crippen molar-refractivity contribution >= 4 is 40.9 Å². The van der Waals surface area contributed by atoms with Crippen molar-refractivity contribution in [3.8, 4) is 0 Å². The predicted octanol–water partition coefficient (Wildman–Crippen LogP) is 1.95. The van der Waals surface area contributed by atoms with Gasteiger partial charge in [-0.1, -0.05) is 0 Å². The molecule has 0 aliphatic rings. The van der Waals surface area contributed by atoms with E-state index in [1.165, 1.54) is 0 Å². The Balaban J connectivity index is 2.56. The number of rotatable bonds is 4. The van der Waals surface area contributed by atoms with Gasteiger partial charge in [0.1, 0.15) is 0 Å². The lowest BCUT2D eigenvalue weighted by Gasteiger charge is -2.02. The van der Waals surface area contributed by atoms with Gasteiger partial charge in [0.05, 0.1) is 0 Å². The molecule has 0 aliphatic carbocycles. The molecule has 0 radical (unpaired) electrons. The van der Waals surface area contributed by atoms with E-state index in [-0.39, 0.29) is 10.6 Å². The Morgan fingerprint density at radius 3 is 2.38 bits per heavy atom. The third-order valence-corrected chi connectivity index (χ3v) is 2.12. The SMILES string of the molecule is CSCCNc1nc(Cl)nc(Cl)n1. The number of thioether (sulfide) groups is 1. The van der Waals surface area contributed by atoms with Crippen molar-refractivity contribution in [1.29, 1.82) is 0 Å². The lowest BCUT2D eigenvalue weighted by molar-refractivity contribution is 1.02. The van der Waals surface area contributed by atoms with E-state index in [9.17, 15) is 0 Å². The number of anilines is 1. The molecular weight excluding hydrogens is 231 g/mol. The Kier molecular flexibility index (Phi) is 4.55. The summed E-state index contributed by atoms with van der Waals surface area (Å²) in [4.78, 5) is 11.3. The molecule has 1 aromatic heterocycles. The van der Waals surface area contributed by atoms with Crippen LogP contribution in [0, 0.1) is 0 Å². The zero-order chi connectivity index (χ0) is 9.68. The minimum Gasteiger partial charge on any atom is -0.353 e. The minimum atomic E-state index is 0.103. The van der Waals surface area contributed by atoms with E-state index in [2.05, 4.69) is 20.3 Å². The van der Waals surface area contributed by atoms with Gasteiger partial charge in [0.25, 0.3) is 0 Å². The maximum Gasteiger partial charge on any atom is 0.228 e. The lowest BCUT2D eigenvalue weighted by atomic mass is 10.7. The molecule has 1 aromatic rings. The third kappa shape index (κ3) is 3.97. The fourth-order valence-corrected chi connectivity index (χ4v) is 1.34. The normalized spacial score (nSPS) is 10.1. The first-order valence-electron chi connectivity index (χ1n) is 3.52. The molecule has 0 saturated heterocycles. The molecule has 72 valence electrons. The molecule has 0 aliphatic heterocycles. The van der Waals surface area contributed by atoms with Gasteiger partial charge in [0, 0.05) is 12.3 Å². The van der Waals surface area contributed by atoms with Gasteiger partial charge in [-0.3, -0.25) is 0 Å². The molecule has 0 bridgehead atoms. The Hall–Kier alpha value is -0.260. The summed E-state index contributed by atoms with van der Waals surface area (Å²) in [7, 11) is 0. The molecule has 7 heteroatoms. The van der Waals surface area contributed by atoms with E-state index in [1.807, 2.05) is 6.26 Å². The number of nitrogens with zero attached hydrogens (tertiary/aromatic N) is 3. The largest absolute Gasteiger partial charge is 0.353 e. The van der Waals surface area contributed by atoms with Crippen LogP contribution < -0.4 is 5.32 Å². The van der Waals surface area contributed by atoms with E-state index < -0.39 is 0 Å². The highest BCUT2D eigenvalue weighted by Gasteiger charge is 2.01. The molecule has 1 heterocycles. The van der Waals surface area contributed by atoms with Crippen LogP contribution in [0.25, 0.3) is 0 Å². The molecule has 1 rings (SSSR count). The van der Waals surface area contributed by atoms with Crippen molar-refractivity contribution < 1.29 is 0 Å². The van der Waals surface area contributed by atoms with Gasteiger partial charge in [-0.25, -0.2) is 0 Å². The molecule has 0 spiro atoms. The van der Waals surface area contributed by atoms with E-state index in [1.54, 1.807) is 11.8 Å². The summed E-state index contributed by atoms with van der Waals surface area (Å²) in [5.74, 6) is 1.39. The zero-order valence-corrected chi connectivity index (χ0v) is 9.25. The summed E-state index contributed by atoms with van der Waals surface area (Å²) in [6, 6.07) is 0. The maximum absolute atomic E-state index is 5.57. The van der Waals surface area contributed by atoms with Crippen molar-refractivity contribution in [2.45, 2.75) is 0 Å². The molecule has 1 N–H and O–H groups in total. The standard InChI is InChI=1S/C6H8Cl2N4S/c1-13-3-2-9-6-11-4(7)10-5(8)12-6/h2-3H2,1H3,(H,9,10,11,12). The van der Waals surface area contributed by atoms with Crippen LogP contribution in [0.2, 0.25) is 10.6 Å². The fraction of sp³-hybridized carbons (Fsp3) is 0.500. The maximum atomic E-state index is 5.57. The van der Waals surface area contributed by atoms with Crippen LogP contribution in [0.1, 0.15) is 0 Å². The number of aromatic nitrogens is 3. The summed E-state index contributed by atoms with van der Waals surface area (Å²) in [5, 5.41) is 3.18. The second-order valence-corrected chi connectivity index (χ2v) is 3.78. The monoisotopic (exact) mass is 238 g/mol. The van der Waals surface area contributed by atoms with Gasteiger partial charge in [0.2, 0.25) is 16.5 Å². The van der Waals surface area contributed by atoms with Crippen LogP contribution in [0.3, 0.4) is 0 Å². The van der Waals surface area contributed by atoms with Gasteiger partial charge in [-0.05, 0) is 29.5 Å². The van der Waals surface area contributed by atoms with Gasteiger partial charge in [-0.2, -0.15) is 26.7 Å². The average Bonchev–Trinajstić information content (AvgIpc) is 2.03.